The second-order valence-electron chi connectivity index (χ2n) is 3.67. The van der Waals surface area contributed by atoms with Crippen LogP contribution in [-0.2, 0) is 0 Å². The van der Waals surface area contributed by atoms with Crippen molar-refractivity contribution in [2.24, 2.45) is 5.92 Å². The molecule has 0 spiro atoms. The molecule has 15 heavy (non-hydrogen) atoms. The molecule has 5 heteroatoms. The Bertz CT molecular complexity index is 312. The summed E-state index contributed by atoms with van der Waals surface area (Å²) in [5.41, 5.74) is 0. The van der Waals surface area contributed by atoms with Gasteiger partial charge in [0.05, 0.1) is 0 Å². The van der Waals surface area contributed by atoms with Gasteiger partial charge in [-0.1, -0.05) is 11.8 Å². The predicted octanol–water partition coefficient (Wildman–Crippen LogP) is 1.22. The molecule has 1 fully saturated rings. The third-order valence-electron chi connectivity index (χ3n) is 2.55. The first-order chi connectivity index (χ1) is 7.38. The minimum absolute atomic E-state index is 0.734. The van der Waals surface area contributed by atoms with Gasteiger partial charge in [-0.15, -0.1) is 0 Å². The molecule has 2 rings (SSSR count). The van der Waals surface area contributed by atoms with Crippen LogP contribution in [0.3, 0.4) is 0 Å². The van der Waals surface area contributed by atoms with Gasteiger partial charge in [-0.2, -0.15) is 0 Å². The van der Waals surface area contributed by atoms with Crippen molar-refractivity contribution < 1.29 is 0 Å². The lowest BCUT2D eigenvalue weighted by Crippen LogP contribution is -2.17. The van der Waals surface area contributed by atoms with E-state index in [1.807, 2.05) is 12.3 Å². The molecule has 4 nitrogen and oxygen atoms in total. The van der Waals surface area contributed by atoms with Crippen LogP contribution in [0, 0.1) is 5.92 Å². The van der Waals surface area contributed by atoms with Gasteiger partial charge in [0.1, 0.15) is 5.82 Å². The Labute approximate surface area is 94.3 Å². The highest BCUT2D eigenvalue weighted by atomic mass is 32.2. The maximum atomic E-state index is 4.37. The molecule has 0 radical (unpaired) electrons. The average Bonchev–Trinajstić information content (AvgIpc) is 2.79. The fourth-order valence-corrected chi connectivity index (χ4v) is 2.03. The van der Waals surface area contributed by atoms with E-state index in [-0.39, 0.29) is 0 Å². The van der Waals surface area contributed by atoms with Crippen LogP contribution in [0.2, 0.25) is 0 Å². The highest BCUT2D eigenvalue weighted by Gasteiger charge is 2.13. The smallest absolute Gasteiger partial charge is 0.189 e. The van der Waals surface area contributed by atoms with E-state index in [4.69, 9.17) is 0 Å². The van der Waals surface area contributed by atoms with E-state index in [0.717, 1.165) is 36.5 Å². The Morgan fingerprint density at radius 2 is 2.60 bits per heavy atom. The summed E-state index contributed by atoms with van der Waals surface area (Å²) in [6, 6.07) is 1.92. The van der Waals surface area contributed by atoms with E-state index in [1.165, 1.54) is 6.42 Å². The maximum Gasteiger partial charge on any atom is 0.189 e. The minimum Gasteiger partial charge on any atom is -0.370 e. The Morgan fingerprint density at radius 3 is 3.33 bits per heavy atom. The van der Waals surface area contributed by atoms with Crippen LogP contribution in [0.4, 0.5) is 5.82 Å². The highest BCUT2D eigenvalue weighted by Crippen LogP contribution is 2.12. The van der Waals surface area contributed by atoms with Crippen LogP contribution in [0.25, 0.3) is 0 Å². The summed E-state index contributed by atoms with van der Waals surface area (Å²) in [6.07, 6.45) is 5.04. The molecule has 0 aliphatic carbocycles. The lowest BCUT2D eigenvalue weighted by atomic mass is 10.1. The van der Waals surface area contributed by atoms with Gasteiger partial charge in [-0.3, -0.25) is 0 Å². The number of anilines is 1. The van der Waals surface area contributed by atoms with Gasteiger partial charge in [0, 0.05) is 12.7 Å². The van der Waals surface area contributed by atoms with Gasteiger partial charge >= 0.3 is 0 Å². The predicted molar refractivity (Wildman–Crippen MR) is 63.3 cm³/mol. The molecule has 1 aliphatic heterocycles. The third kappa shape index (κ3) is 3.07. The molecule has 2 heterocycles. The summed E-state index contributed by atoms with van der Waals surface area (Å²) in [5.74, 6) is 1.67. The van der Waals surface area contributed by atoms with Crippen LogP contribution in [-0.4, -0.2) is 35.9 Å². The molecule has 1 unspecified atom stereocenters. The zero-order valence-corrected chi connectivity index (χ0v) is 9.68. The molecule has 0 amide bonds. The quantitative estimate of drug-likeness (QED) is 0.595. The van der Waals surface area contributed by atoms with E-state index < -0.39 is 0 Å². The molecule has 0 saturated carbocycles. The summed E-state index contributed by atoms with van der Waals surface area (Å²) >= 11 is 1.57. The third-order valence-corrected chi connectivity index (χ3v) is 3.11. The zero-order valence-electron chi connectivity index (χ0n) is 8.86. The van der Waals surface area contributed by atoms with Crippen molar-refractivity contribution in [3.8, 4) is 0 Å². The zero-order chi connectivity index (χ0) is 10.5. The molecular weight excluding hydrogens is 208 g/mol. The molecule has 1 saturated heterocycles. The number of thioether (sulfide) groups is 1. The standard InChI is InChI=1S/C10H16N4S/c1-15-10-12-5-3-9(14-10)13-7-8-2-4-11-6-8/h3,5,8,11H,2,4,6-7H2,1H3,(H,12,13,14). The Morgan fingerprint density at radius 1 is 1.67 bits per heavy atom. The van der Waals surface area contributed by atoms with Gasteiger partial charge < -0.3 is 10.6 Å². The van der Waals surface area contributed by atoms with E-state index >= 15 is 0 Å². The number of aromatic nitrogens is 2. The highest BCUT2D eigenvalue weighted by molar-refractivity contribution is 7.98. The lowest BCUT2D eigenvalue weighted by molar-refractivity contribution is 0.613. The summed E-state index contributed by atoms with van der Waals surface area (Å²) in [4.78, 5) is 8.51. The first kappa shape index (κ1) is 10.7. The van der Waals surface area contributed by atoms with E-state index in [0.29, 0.717) is 0 Å². The molecule has 1 aromatic rings. The van der Waals surface area contributed by atoms with Crippen LogP contribution in [0.15, 0.2) is 17.4 Å². The van der Waals surface area contributed by atoms with Crippen molar-refractivity contribution >= 4 is 17.6 Å². The topological polar surface area (TPSA) is 49.8 Å². The fraction of sp³-hybridized carbons (Fsp3) is 0.600. The van der Waals surface area contributed by atoms with Gasteiger partial charge in [-0.05, 0) is 37.8 Å². The van der Waals surface area contributed by atoms with Crippen molar-refractivity contribution in [1.29, 1.82) is 0 Å². The Kier molecular flexibility index (Phi) is 3.80. The van der Waals surface area contributed by atoms with Crippen molar-refractivity contribution in [2.45, 2.75) is 11.6 Å². The minimum atomic E-state index is 0.734. The number of hydrogen-bond donors (Lipinski definition) is 2. The molecule has 0 aromatic carbocycles. The van der Waals surface area contributed by atoms with Crippen LogP contribution in [0.5, 0.6) is 0 Å². The first-order valence-electron chi connectivity index (χ1n) is 5.20. The summed E-state index contributed by atoms with van der Waals surface area (Å²) in [6.45, 7) is 3.26. The van der Waals surface area contributed by atoms with Crippen molar-refractivity contribution in [3.05, 3.63) is 12.3 Å². The monoisotopic (exact) mass is 224 g/mol. The van der Waals surface area contributed by atoms with Gasteiger partial charge in [-0.25, -0.2) is 9.97 Å². The van der Waals surface area contributed by atoms with Crippen molar-refractivity contribution in [2.75, 3.05) is 31.2 Å². The molecular formula is C10H16N4S. The molecule has 1 aliphatic rings. The van der Waals surface area contributed by atoms with E-state index in [9.17, 15) is 0 Å². The van der Waals surface area contributed by atoms with E-state index in [2.05, 4.69) is 20.6 Å². The molecule has 0 bridgehead atoms. The Hall–Kier alpha value is -0.810. The first-order valence-corrected chi connectivity index (χ1v) is 6.42. The molecule has 1 aromatic heterocycles. The van der Waals surface area contributed by atoms with E-state index in [1.54, 1.807) is 18.0 Å². The second-order valence-corrected chi connectivity index (χ2v) is 4.44. The van der Waals surface area contributed by atoms with Gasteiger partial charge in [0.25, 0.3) is 0 Å². The SMILES string of the molecule is CSc1nccc(NCC2CCNC2)n1. The molecule has 2 N–H and O–H groups in total. The lowest BCUT2D eigenvalue weighted by Gasteiger charge is -2.10. The average molecular weight is 224 g/mol. The van der Waals surface area contributed by atoms with Crippen LogP contribution in [0.1, 0.15) is 6.42 Å². The number of rotatable bonds is 4. The molecule has 82 valence electrons. The van der Waals surface area contributed by atoms with Gasteiger partial charge in [0.15, 0.2) is 5.16 Å². The summed E-state index contributed by atoms with van der Waals surface area (Å²) in [7, 11) is 0. The normalized spacial score (nSPS) is 20.5. The number of nitrogens with one attached hydrogen (secondary N) is 2. The molecule has 1 atom stereocenters. The second kappa shape index (κ2) is 5.32. The van der Waals surface area contributed by atoms with Crippen LogP contribution < -0.4 is 10.6 Å². The van der Waals surface area contributed by atoms with Crippen molar-refractivity contribution in [1.82, 2.24) is 15.3 Å². The summed E-state index contributed by atoms with van der Waals surface area (Å²) in [5, 5.41) is 7.53. The largest absolute Gasteiger partial charge is 0.370 e. The fourth-order valence-electron chi connectivity index (χ4n) is 1.68. The van der Waals surface area contributed by atoms with Crippen LogP contribution >= 0.6 is 11.8 Å². The van der Waals surface area contributed by atoms with Gasteiger partial charge in [0.2, 0.25) is 0 Å². The summed E-state index contributed by atoms with van der Waals surface area (Å²) < 4.78 is 0. The number of hydrogen-bond acceptors (Lipinski definition) is 5. The van der Waals surface area contributed by atoms with Crippen molar-refractivity contribution in [3.63, 3.8) is 0 Å². The Balaban J connectivity index is 1.86. The number of nitrogens with zero attached hydrogens (tertiary/aromatic N) is 2. The maximum absolute atomic E-state index is 4.37.